The predicted octanol–water partition coefficient (Wildman–Crippen LogP) is 2.31. The summed E-state index contributed by atoms with van der Waals surface area (Å²) in [6.07, 6.45) is 0. The summed E-state index contributed by atoms with van der Waals surface area (Å²) in [6, 6.07) is 1.89. The molecule has 1 aromatic rings. The number of hydrogen-bond acceptors (Lipinski definition) is 3. The van der Waals surface area contributed by atoms with Crippen LogP contribution >= 0.6 is 15.9 Å². The van der Waals surface area contributed by atoms with Crippen molar-refractivity contribution < 1.29 is 9.13 Å². The minimum atomic E-state index is -0.256. The van der Waals surface area contributed by atoms with Gasteiger partial charge in [-0.3, -0.25) is 4.90 Å². The molecule has 0 aliphatic carbocycles. The van der Waals surface area contributed by atoms with Gasteiger partial charge < -0.3 is 10.1 Å². The molecule has 3 nitrogen and oxygen atoms in total. The number of benzene rings is 1. The minimum Gasteiger partial charge on any atom is -0.492 e. The van der Waals surface area contributed by atoms with Crippen molar-refractivity contribution in [1.29, 1.82) is 0 Å². The van der Waals surface area contributed by atoms with E-state index in [0.717, 1.165) is 31.7 Å². The van der Waals surface area contributed by atoms with Gasteiger partial charge >= 0.3 is 0 Å². The molecule has 1 aromatic carbocycles. The molecule has 1 saturated heterocycles. The van der Waals surface area contributed by atoms with Crippen molar-refractivity contribution in [1.82, 2.24) is 10.2 Å². The molecule has 5 heteroatoms. The van der Waals surface area contributed by atoms with Gasteiger partial charge in [-0.1, -0.05) is 6.07 Å². The van der Waals surface area contributed by atoms with Crippen LogP contribution in [0.15, 0.2) is 10.5 Å². The SMILES string of the molecule is COc1c(F)c(CN2CCNCC2)cc(C)c1Br. The van der Waals surface area contributed by atoms with Crippen molar-refractivity contribution in [2.75, 3.05) is 33.3 Å². The first-order chi connectivity index (χ1) is 8.63. The lowest BCUT2D eigenvalue weighted by Gasteiger charge is -2.27. The summed E-state index contributed by atoms with van der Waals surface area (Å²) in [7, 11) is 1.50. The molecule has 0 radical (unpaired) electrons. The minimum absolute atomic E-state index is 0.256. The summed E-state index contributed by atoms with van der Waals surface area (Å²) in [5, 5.41) is 3.29. The van der Waals surface area contributed by atoms with Gasteiger partial charge in [-0.2, -0.15) is 0 Å². The fraction of sp³-hybridized carbons (Fsp3) is 0.538. The third-order valence-corrected chi connectivity index (χ3v) is 4.21. The third kappa shape index (κ3) is 2.84. The summed E-state index contributed by atoms with van der Waals surface area (Å²) in [4.78, 5) is 2.25. The molecule has 100 valence electrons. The maximum Gasteiger partial charge on any atom is 0.170 e. The molecule has 0 saturated carbocycles. The van der Waals surface area contributed by atoms with Crippen LogP contribution in [0.25, 0.3) is 0 Å². The fourth-order valence-corrected chi connectivity index (χ4v) is 2.66. The first kappa shape index (κ1) is 13.8. The van der Waals surface area contributed by atoms with Gasteiger partial charge in [0.1, 0.15) is 0 Å². The lowest BCUT2D eigenvalue weighted by Crippen LogP contribution is -2.43. The van der Waals surface area contributed by atoms with Crippen molar-refractivity contribution in [2.45, 2.75) is 13.5 Å². The van der Waals surface area contributed by atoms with E-state index in [-0.39, 0.29) is 5.82 Å². The van der Waals surface area contributed by atoms with Crippen LogP contribution < -0.4 is 10.1 Å². The number of piperazine rings is 1. The average Bonchev–Trinajstić information content (AvgIpc) is 2.38. The van der Waals surface area contributed by atoms with E-state index in [9.17, 15) is 4.39 Å². The van der Waals surface area contributed by atoms with E-state index in [0.29, 0.717) is 22.3 Å². The van der Waals surface area contributed by atoms with Gasteiger partial charge in [0.15, 0.2) is 11.6 Å². The van der Waals surface area contributed by atoms with Crippen LogP contribution in [0.3, 0.4) is 0 Å². The number of nitrogens with zero attached hydrogens (tertiary/aromatic N) is 1. The molecule has 0 spiro atoms. The maximum absolute atomic E-state index is 14.3. The number of ether oxygens (including phenoxy) is 1. The van der Waals surface area contributed by atoms with Crippen LogP contribution in [0.4, 0.5) is 4.39 Å². The largest absolute Gasteiger partial charge is 0.492 e. The third-order valence-electron chi connectivity index (χ3n) is 3.23. The van der Waals surface area contributed by atoms with Gasteiger partial charge in [0.05, 0.1) is 11.6 Å². The van der Waals surface area contributed by atoms with Crippen LogP contribution in [-0.2, 0) is 6.54 Å². The van der Waals surface area contributed by atoms with Crippen molar-refractivity contribution in [3.8, 4) is 5.75 Å². The Labute approximate surface area is 115 Å². The van der Waals surface area contributed by atoms with Crippen LogP contribution in [0.5, 0.6) is 5.75 Å². The Morgan fingerprint density at radius 1 is 1.44 bits per heavy atom. The second-order valence-corrected chi connectivity index (χ2v) is 5.33. The van der Waals surface area contributed by atoms with Crippen molar-refractivity contribution >= 4 is 15.9 Å². The van der Waals surface area contributed by atoms with Crippen LogP contribution in [0.2, 0.25) is 0 Å². The molecule has 0 bridgehead atoms. The molecular formula is C13H18BrFN2O. The Bertz CT molecular complexity index is 433. The first-order valence-corrected chi connectivity index (χ1v) is 6.87. The summed E-state index contributed by atoms with van der Waals surface area (Å²) in [6.45, 7) is 6.43. The molecule has 1 aliphatic heterocycles. The van der Waals surface area contributed by atoms with Gasteiger partial charge in [-0.25, -0.2) is 4.39 Å². The lowest BCUT2D eigenvalue weighted by molar-refractivity contribution is 0.229. The van der Waals surface area contributed by atoms with Crippen molar-refractivity contribution in [3.05, 3.63) is 27.5 Å². The Morgan fingerprint density at radius 2 is 2.11 bits per heavy atom. The Hall–Kier alpha value is -0.650. The molecule has 0 aromatic heterocycles. The van der Waals surface area contributed by atoms with E-state index in [2.05, 4.69) is 26.1 Å². The average molecular weight is 317 g/mol. The number of methoxy groups -OCH3 is 1. The van der Waals surface area contributed by atoms with Crippen LogP contribution in [0, 0.1) is 12.7 Å². The zero-order valence-corrected chi connectivity index (χ0v) is 12.3. The molecule has 0 amide bonds. The van der Waals surface area contributed by atoms with Gasteiger partial charge in [0.25, 0.3) is 0 Å². The molecule has 1 heterocycles. The normalized spacial score (nSPS) is 16.9. The van der Waals surface area contributed by atoms with Gasteiger partial charge in [-0.15, -0.1) is 0 Å². The zero-order valence-electron chi connectivity index (χ0n) is 10.7. The number of halogens is 2. The number of nitrogens with one attached hydrogen (secondary N) is 1. The highest BCUT2D eigenvalue weighted by molar-refractivity contribution is 9.10. The van der Waals surface area contributed by atoms with E-state index in [4.69, 9.17) is 4.74 Å². The number of hydrogen-bond donors (Lipinski definition) is 1. The van der Waals surface area contributed by atoms with E-state index in [1.807, 2.05) is 13.0 Å². The van der Waals surface area contributed by atoms with E-state index < -0.39 is 0 Å². The fourth-order valence-electron chi connectivity index (χ4n) is 2.21. The second-order valence-electron chi connectivity index (χ2n) is 4.54. The van der Waals surface area contributed by atoms with Gasteiger partial charge in [0.2, 0.25) is 0 Å². The van der Waals surface area contributed by atoms with Gasteiger partial charge in [-0.05, 0) is 28.4 Å². The molecule has 18 heavy (non-hydrogen) atoms. The highest BCUT2D eigenvalue weighted by Crippen LogP contribution is 2.33. The summed E-state index contributed by atoms with van der Waals surface area (Å²) >= 11 is 3.36. The molecule has 1 aliphatic rings. The monoisotopic (exact) mass is 316 g/mol. The Balaban J connectivity index is 2.24. The smallest absolute Gasteiger partial charge is 0.170 e. The van der Waals surface area contributed by atoms with E-state index >= 15 is 0 Å². The molecular weight excluding hydrogens is 299 g/mol. The second kappa shape index (κ2) is 5.99. The van der Waals surface area contributed by atoms with E-state index in [1.165, 1.54) is 7.11 Å². The van der Waals surface area contributed by atoms with Crippen LogP contribution in [0.1, 0.15) is 11.1 Å². The number of aryl methyl sites for hydroxylation is 1. The standard InChI is InChI=1S/C13H18BrFN2O/c1-9-7-10(8-17-5-3-16-4-6-17)12(15)13(18-2)11(9)14/h7,16H,3-6,8H2,1-2H3. The predicted molar refractivity (Wildman–Crippen MR) is 73.5 cm³/mol. The Kier molecular flexibility index (Phi) is 4.59. The highest BCUT2D eigenvalue weighted by Gasteiger charge is 2.18. The molecule has 1 fully saturated rings. The molecule has 0 unspecified atom stereocenters. The summed E-state index contributed by atoms with van der Waals surface area (Å²) in [5.41, 5.74) is 1.70. The number of rotatable bonds is 3. The zero-order chi connectivity index (χ0) is 13.1. The van der Waals surface area contributed by atoms with Crippen LogP contribution in [-0.4, -0.2) is 38.2 Å². The highest BCUT2D eigenvalue weighted by atomic mass is 79.9. The molecule has 0 atom stereocenters. The first-order valence-electron chi connectivity index (χ1n) is 6.08. The van der Waals surface area contributed by atoms with Crippen molar-refractivity contribution in [2.24, 2.45) is 0 Å². The quantitative estimate of drug-likeness (QED) is 0.926. The van der Waals surface area contributed by atoms with E-state index in [1.54, 1.807) is 0 Å². The maximum atomic E-state index is 14.3. The molecule has 1 N–H and O–H groups in total. The van der Waals surface area contributed by atoms with Crippen molar-refractivity contribution in [3.63, 3.8) is 0 Å². The molecule has 2 rings (SSSR count). The lowest BCUT2D eigenvalue weighted by atomic mass is 10.1. The summed E-state index contributed by atoms with van der Waals surface area (Å²) < 4.78 is 20.1. The topological polar surface area (TPSA) is 24.5 Å². The Morgan fingerprint density at radius 3 is 2.72 bits per heavy atom. The van der Waals surface area contributed by atoms with Gasteiger partial charge in [0, 0.05) is 38.3 Å². The summed E-state index contributed by atoms with van der Waals surface area (Å²) in [5.74, 6) is 0.0497.